The molecule has 6 nitrogen and oxygen atoms in total. The lowest BCUT2D eigenvalue weighted by atomic mass is 9.84. The van der Waals surface area contributed by atoms with Crippen LogP contribution in [-0.4, -0.2) is 60.6 Å². The van der Waals surface area contributed by atoms with Gasteiger partial charge >= 0.3 is 0 Å². The number of piperazine rings is 1. The zero-order chi connectivity index (χ0) is 20.1. The molecule has 1 fully saturated rings. The predicted molar refractivity (Wildman–Crippen MR) is 127 cm³/mol. The van der Waals surface area contributed by atoms with Gasteiger partial charge < -0.3 is 15.1 Å². The number of rotatable bonds is 4. The van der Waals surface area contributed by atoms with Crippen LogP contribution in [0, 0.1) is 5.82 Å². The number of hydrogen-bond acceptors (Lipinski definition) is 4. The molecule has 3 rings (SSSR count). The monoisotopic (exact) mass is 532 g/mol. The van der Waals surface area contributed by atoms with Crippen LogP contribution in [0.1, 0.15) is 19.4 Å². The Labute approximate surface area is 193 Å². The van der Waals surface area contributed by atoms with Crippen molar-refractivity contribution in [1.29, 1.82) is 0 Å². The number of anilines is 1. The van der Waals surface area contributed by atoms with Gasteiger partial charge in [-0.1, -0.05) is 31.5 Å². The molecule has 1 N–H and O–H groups in total. The lowest BCUT2D eigenvalue weighted by Crippen LogP contribution is -2.54. The molecular formula is C20H27ClFIN6. The molecule has 0 amide bonds. The van der Waals surface area contributed by atoms with Gasteiger partial charge in [0.25, 0.3) is 0 Å². The lowest BCUT2D eigenvalue weighted by Gasteiger charge is -2.37. The van der Waals surface area contributed by atoms with E-state index in [1.165, 1.54) is 12.1 Å². The SMILES string of the molecule is CN=C(NCC(C)(C)c1ccc(F)cc1Cl)N1CCN(c2ncccn2)CC1.I. The minimum absolute atomic E-state index is 0. The average Bonchev–Trinajstić information content (AvgIpc) is 2.69. The quantitative estimate of drug-likeness (QED) is 0.371. The van der Waals surface area contributed by atoms with Gasteiger partial charge in [-0.2, -0.15) is 0 Å². The highest BCUT2D eigenvalue weighted by Crippen LogP contribution is 2.30. The molecule has 1 aliphatic heterocycles. The molecule has 2 aromatic rings. The summed E-state index contributed by atoms with van der Waals surface area (Å²) in [5, 5.41) is 3.89. The molecule has 0 spiro atoms. The highest BCUT2D eigenvalue weighted by Gasteiger charge is 2.26. The second-order valence-corrected chi connectivity index (χ2v) is 7.84. The molecular weight excluding hydrogens is 506 g/mol. The number of hydrogen-bond donors (Lipinski definition) is 1. The van der Waals surface area contributed by atoms with Gasteiger partial charge in [0.05, 0.1) is 0 Å². The van der Waals surface area contributed by atoms with E-state index in [0.717, 1.165) is 43.7 Å². The summed E-state index contributed by atoms with van der Waals surface area (Å²) in [7, 11) is 1.78. The van der Waals surface area contributed by atoms with Crippen molar-refractivity contribution < 1.29 is 4.39 Å². The van der Waals surface area contributed by atoms with E-state index < -0.39 is 0 Å². The molecule has 0 radical (unpaired) electrons. The van der Waals surface area contributed by atoms with E-state index in [9.17, 15) is 4.39 Å². The van der Waals surface area contributed by atoms with Gasteiger partial charge in [0.15, 0.2) is 5.96 Å². The van der Waals surface area contributed by atoms with Crippen LogP contribution in [0.25, 0.3) is 0 Å². The van der Waals surface area contributed by atoms with Gasteiger partial charge in [0.1, 0.15) is 5.82 Å². The molecule has 29 heavy (non-hydrogen) atoms. The number of halogens is 3. The van der Waals surface area contributed by atoms with E-state index in [1.807, 2.05) is 6.07 Å². The summed E-state index contributed by atoms with van der Waals surface area (Å²) in [6, 6.07) is 6.38. The van der Waals surface area contributed by atoms with Crippen molar-refractivity contribution in [2.75, 3.05) is 44.7 Å². The van der Waals surface area contributed by atoms with Gasteiger partial charge in [-0.3, -0.25) is 4.99 Å². The fraction of sp³-hybridized carbons (Fsp3) is 0.450. The van der Waals surface area contributed by atoms with Gasteiger partial charge in [-0.25, -0.2) is 14.4 Å². The number of guanidine groups is 1. The highest BCUT2D eigenvalue weighted by molar-refractivity contribution is 14.0. The van der Waals surface area contributed by atoms with Crippen LogP contribution in [0.2, 0.25) is 5.02 Å². The summed E-state index contributed by atoms with van der Waals surface area (Å²) >= 11 is 6.26. The summed E-state index contributed by atoms with van der Waals surface area (Å²) in [6.07, 6.45) is 3.52. The van der Waals surface area contributed by atoms with Crippen LogP contribution in [0.5, 0.6) is 0 Å². The number of benzene rings is 1. The summed E-state index contributed by atoms with van der Waals surface area (Å²) in [6.45, 7) is 8.11. The number of nitrogens with one attached hydrogen (secondary N) is 1. The van der Waals surface area contributed by atoms with E-state index >= 15 is 0 Å². The first kappa shape index (κ1) is 23.6. The summed E-state index contributed by atoms with van der Waals surface area (Å²) in [4.78, 5) is 17.5. The second-order valence-electron chi connectivity index (χ2n) is 7.43. The molecule has 1 aromatic heterocycles. The summed E-state index contributed by atoms with van der Waals surface area (Å²) in [5.74, 6) is 1.28. The van der Waals surface area contributed by atoms with Gasteiger partial charge in [-0.15, -0.1) is 24.0 Å². The molecule has 1 aliphatic rings. The van der Waals surface area contributed by atoms with Crippen LogP contribution >= 0.6 is 35.6 Å². The van der Waals surface area contributed by atoms with Crippen LogP contribution in [0.3, 0.4) is 0 Å². The molecule has 0 bridgehead atoms. The first-order valence-corrected chi connectivity index (χ1v) is 9.71. The first-order valence-electron chi connectivity index (χ1n) is 9.34. The second kappa shape index (κ2) is 10.4. The van der Waals surface area contributed by atoms with Crippen molar-refractivity contribution in [1.82, 2.24) is 20.2 Å². The van der Waals surface area contributed by atoms with E-state index in [4.69, 9.17) is 11.6 Å². The maximum Gasteiger partial charge on any atom is 0.225 e. The van der Waals surface area contributed by atoms with Crippen LogP contribution in [-0.2, 0) is 5.41 Å². The molecule has 0 unspecified atom stereocenters. The molecule has 2 heterocycles. The zero-order valence-electron chi connectivity index (χ0n) is 16.9. The minimum atomic E-state index is -0.325. The fourth-order valence-corrected chi connectivity index (χ4v) is 3.76. The first-order chi connectivity index (χ1) is 13.4. The van der Waals surface area contributed by atoms with Gasteiger partial charge in [-0.05, 0) is 23.8 Å². The standard InChI is InChI=1S/C20H26ClFN6.HI/c1-20(2,16-6-5-15(22)13-17(16)21)14-26-18(23-3)27-9-11-28(12-10-27)19-24-7-4-8-25-19;/h4-8,13H,9-12,14H2,1-3H3,(H,23,26);1H. The number of aromatic nitrogens is 2. The Hall–Kier alpha value is -1.68. The number of aliphatic imine (C=N–C) groups is 1. The van der Waals surface area contributed by atoms with Crippen LogP contribution < -0.4 is 10.2 Å². The Bertz CT molecular complexity index is 825. The fourth-order valence-electron chi connectivity index (χ4n) is 3.34. The van der Waals surface area contributed by atoms with E-state index in [2.05, 4.69) is 43.9 Å². The average molecular weight is 533 g/mol. The maximum atomic E-state index is 13.4. The topological polar surface area (TPSA) is 56.7 Å². The van der Waals surface area contributed by atoms with Crippen LogP contribution in [0.4, 0.5) is 10.3 Å². The number of nitrogens with zero attached hydrogens (tertiary/aromatic N) is 5. The molecule has 0 saturated carbocycles. The van der Waals surface area contributed by atoms with Crippen molar-refractivity contribution >= 4 is 47.5 Å². The Morgan fingerprint density at radius 3 is 2.45 bits per heavy atom. The van der Waals surface area contributed by atoms with E-state index in [1.54, 1.807) is 25.5 Å². The normalized spacial score (nSPS) is 15.1. The summed E-state index contributed by atoms with van der Waals surface area (Å²) < 4.78 is 13.4. The predicted octanol–water partition coefficient (Wildman–Crippen LogP) is 3.56. The Balaban J connectivity index is 0.00000300. The molecule has 1 aromatic carbocycles. The maximum absolute atomic E-state index is 13.4. The molecule has 158 valence electrons. The third-order valence-corrected chi connectivity index (χ3v) is 5.29. The van der Waals surface area contributed by atoms with E-state index in [-0.39, 0.29) is 35.2 Å². The molecule has 9 heteroatoms. The van der Waals surface area contributed by atoms with Crippen LogP contribution in [0.15, 0.2) is 41.7 Å². The summed E-state index contributed by atoms with van der Waals surface area (Å²) in [5.41, 5.74) is 0.630. The van der Waals surface area contributed by atoms with Crippen molar-refractivity contribution in [2.24, 2.45) is 4.99 Å². The molecule has 0 atom stereocenters. The Morgan fingerprint density at radius 1 is 1.21 bits per heavy atom. The van der Waals surface area contributed by atoms with Gasteiger partial charge in [0.2, 0.25) is 5.95 Å². The zero-order valence-corrected chi connectivity index (χ0v) is 20.0. The Kier molecular flexibility index (Phi) is 8.45. The Morgan fingerprint density at radius 2 is 1.86 bits per heavy atom. The van der Waals surface area contributed by atoms with Crippen molar-refractivity contribution in [3.8, 4) is 0 Å². The lowest BCUT2D eigenvalue weighted by molar-refractivity contribution is 0.364. The van der Waals surface area contributed by atoms with Gasteiger partial charge in [0, 0.05) is 62.6 Å². The smallest absolute Gasteiger partial charge is 0.225 e. The highest BCUT2D eigenvalue weighted by atomic mass is 127. The van der Waals surface area contributed by atoms with Crippen molar-refractivity contribution in [3.05, 3.63) is 53.1 Å². The molecule has 0 aliphatic carbocycles. The third-order valence-electron chi connectivity index (χ3n) is 4.97. The van der Waals surface area contributed by atoms with Crippen molar-refractivity contribution in [2.45, 2.75) is 19.3 Å². The molecule has 1 saturated heterocycles. The largest absolute Gasteiger partial charge is 0.355 e. The minimum Gasteiger partial charge on any atom is -0.355 e. The van der Waals surface area contributed by atoms with E-state index in [0.29, 0.717) is 11.6 Å². The third kappa shape index (κ3) is 5.91. The van der Waals surface area contributed by atoms with Crippen molar-refractivity contribution in [3.63, 3.8) is 0 Å².